The SMILES string of the molecule is CCCCCc1cnc(C2CCC([C@H]3OC[C@H](CCC)CO3)CC2)nc1. The molecule has 0 radical (unpaired) electrons. The van der Waals surface area contributed by atoms with Crippen LogP contribution in [0.5, 0.6) is 0 Å². The van der Waals surface area contributed by atoms with E-state index in [9.17, 15) is 0 Å². The Morgan fingerprint density at radius 1 is 0.923 bits per heavy atom. The molecular weight excluding hydrogens is 324 g/mol. The Hall–Kier alpha value is -1.00. The zero-order chi connectivity index (χ0) is 18.2. The molecule has 1 aliphatic heterocycles. The Morgan fingerprint density at radius 3 is 2.23 bits per heavy atom. The number of hydrogen-bond acceptors (Lipinski definition) is 4. The summed E-state index contributed by atoms with van der Waals surface area (Å²) < 4.78 is 12.1. The molecule has 0 bridgehead atoms. The van der Waals surface area contributed by atoms with Crippen molar-refractivity contribution < 1.29 is 9.47 Å². The van der Waals surface area contributed by atoms with Gasteiger partial charge in [-0.1, -0.05) is 33.1 Å². The molecule has 26 heavy (non-hydrogen) atoms. The summed E-state index contributed by atoms with van der Waals surface area (Å²) in [5.74, 6) is 2.68. The number of hydrogen-bond donors (Lipinski definition) is 0. The molecule has 0 aromatic carbocycles. The smallest absolute Gasteiger partial charge is 0.160 e. The fourth-order valence-electron chi connectivity index (χ4n) is 4.34. The zero-order valence-electron chi connectivity index (χ0n) is 16.7. The number of ether oxygens (including phenoxy) is 2. The van der Waals surface area contributed by atoms with Crippen LogP contribution in [0.1, 0.15) is 88.9 Å². The Bertz CT molecular complexity index is 503. The lowest BCUT2D eigenvalue weighted by Gasteiger charge is -2.37. The van der Waals surface area contributed by atoms with Crippen LogP contribution < -0.4 is 0 Å². The first-order valence-corrected chi connectivity index (χ1v) is 10.8. The Morgan fingerprint density at radius 2 is 1.62 bits per heavy atom. The van der Waals surface area contributed by atoms with Gasteiger partial charge in [-0.05, 0) is 50.5 Å². The third kappa shape index (κ3) is 5.50. The summed E-state index contributed by atoms with van der Waals surface area (Å²) in [7, 11) is 0. The van der Waals surface area contributed by atoms with Gasteiger partial charge in [0.25, 0.3) is 0 Å². The van der Waals surface area contributed by atoms with E-state index in [0.717, 1.165) is 51.1 Å². The molecule has 1 aromatic rings. The van der Waals surface area contributed by atoms with Gasteiger partial charge in [-0.15, -0.1) is 0 Å². The van der Waals surface area contributed by atoms with Gasteiger partial charge in [0, 0.05) is 30.1 Å². The minimum absolute atomic E-state index is 0.0194. The average molecular weight is 361 g/mol. The molecule has 4 heteroatoms. The van der Waals surface area contributed by atoms with Crippen molar-refractivity contribution in [3.8, 4) is 0 Å². The van der Waals surface area contributed by atoms with E-state index in [1.54, 1.807) is 0 Å². The van der Waals surface area contributed by atoms with Gasteiger partial charge in [0.05, 0.1) is 13.2 Å². The Labute approximate surface area is 159 Å². The highest BCUT2D eigenvalue weighted by atomic mass is 16.7. The summed E-state index contributed by atoms with van der Waals surface area (Å²) in [6.07, 6.45) is 16.1. The summed E-state index contributed by atoms with van der Waals surface area (Å²) in [5.41, 5.74) is 1.28. The van der Waals surface area contributed by atoms with Gasteiger partial charge >= 0.3 is 0 Å². The molecule has 1 saturated carbocycles. The molecule has 3 rings (SSSR count). The lowest BCUT2D eigenvalue weighted by molar-refractivity contribution is -0.229. The monoisotopic (exact) mass is 360 g/mol. The topological polar surface area (TPSA) is 44.2 Å². The minimum Gasteiger partial charge on any atom is -0.352 e. The summed E-state index contributed by atoms with van der Waals surface area (Å²) in [4.78, 5) is 9.35. The van der Waals surface area contributed by atoms with Crippen molar-refractivity contribution >= 4 is 0 Å². The molecule has 146 valence electrons. The van der Waals surface area contributed by atoms with Crippen molar-refractivity contribution in [2.75, 3.05) is 13.2 Å². The van der Waals surface area contributed by atoms with Crippen LogP contribution in [0, 0.1) is 11.8 Å². The zero-order valence-corrected chi connectivity index (χ0v) is 16.7. The molecule has 4 nitrogen and oxygen atoms in total. The Balaban J connectivity index is 1.42. The van der Waals surface area contributed by atoms with Crippen molar-refractivity contribution in [1.29, 1.82) is 0 Å². The fourth-order valence-corrected chi connectivity index (χ4v) is 4.34. The van der Waals surface area contributed by atoms with E-state index in [2.05, 4.69) is 23.8 Å². The molecule has 1 aromatic heterocycles. The normalized spacial score (nSPS) is 29.6. The molecule has 0 amide bonds. The Kier molecular flexibility index (Phi) is 7.87. The van der Waals surface area contributed by atoms with Gasteiger partial charge in [0.1, 0.15) is 5.82 Å². The van der Waals surface area contributed by atoms with Crippen LogP contribution in [-0.4, -0.2) is 29.5 Å². The molecule has 0 spiro atoms. The van der Waals surface area contributed by atoms with Crippen LogP contribution in [0.25, 0.3) is 0 Å². The molecule has 2 fully saturated rings. The van der Waals surface area contributed by atoms with Crippen molar-refractivity contribution in [2.24, 2.45) is 11.8 Å². The predicted molar refractivity (Wildman–Crippen MR) is 104 cm³/mol. The van der Waals surface area contributed by atoms with Crippen LogP contribution in [0.4, 0.5) is 0 Å². The first kappa shape index (κ1) is 19.8. The van der Waals surface area contributed by atoms with Crippen molar-refractivity contribution in [3.05, 3.63) is 23.8 Å². The van der Waals surface area contributed by atoms with E-state index in [0.29, 0.717) is 17.8 Å². The number of nitrogens with zero attached hydrogens (tertiary/aromatic N) is 2. The van der Waals surface area contributed by atoms with Crippen LogP contribution in [-0.2, 0) is 15.9 Å². The van der Waals surface area contributed by atoms with E-state index in [1.165, 1.54) is 37.7 Å². The third-order valence-electron chi connectivity index (χ3n) is 6.01. The van der Waals surface area contributed by atoms with E-state index in [-0.39, 0.29) is 6.29 Å². The largest absolute Gasteiger partial charge is 0.352 e. The lowest BCUT2D eigenvalue weighted by atomic mass is 9.81. The van der Waals surface area contributed by atoms with E-state index in [1.807, 2.05) is 12.4 Å². The van der Waals surface area contributed by atoms with Crippen LogP contribution in [0.3, 0.4) is 0 Å². The van der Waals surface area contributed by atoms with Crippen LogP contribution >= 0.6 is 0 Å². The second kappa shape index (κ2) is 10.4. The molecular formula is C22H36N2O2. The van der Waals surface area contributed by atoms with Gasteiger partial charge in [-0.3, -0.25) is 0 Å². The summed E-state index contributed by atoms with van der Waals surface area (Å²) in [5, 5.41) is 0. The van der Waals surface area contributed by atoms with Crippen LogP contribution in [0.15, 0.2) is 12.4 Å². The standard InChI is InChI=1S/C22H36N2O2/c1-3-5-6-8-17-13-23-21(24-14-17)19-9-11-20(12-10-19)22-25-15-18(7-4-2)16-26-22/h13-14,18-20,22H,3-12,15-16H2,1-2H3/t18-,19?,20?,22-. The predicted octanol–water partition coefficient (Wildman–Crippen LogP) is 5.27. The van der Waals surface area contributed by atoms with Crippen molar-refractivity contribution in [3.63, 3.8) is 0 Å². The van der Waals surface area contributed by atoms with Crippen molar-refractivity contribution in [1.82, 2.24) is 9.97 Å². The number of aryl methyl sites for hydroxylation is 1. The van der Waals surface area contributed by atoms with Gasteiger partial charge in [0.2, 0.25) is 0 Å². The highest BCUT2D eigenvalue weighted by Crippen LogP contribution is 2.37. The molecule has 0 unspecified atom stereocenters. The van der Waals surface area contributed by atoms with E-state index in [4.69, 9.17) is 9.47 Å². The maximum atomic E-state index is 6.03. The summed E-state index contributed by atoms with van der Waals surface area (Å²) >= 11 is 0. The van der Waals surface area contributed by atoms with E-state index < -0.39 is 0 Å². The van der Waals surface area contributed by atoms with Gasteiger partial charge in [-0.25, -0.2) is 9.97 Å². The highest BCUT2D eigenvalue weighted by molar-refractivity contribution is 5.08. The average Bonchev–Trinajstić information content (AvgIpc) is 2.70. The molecule has 2 heterocycles. The fraction of sp³-hybridized carbons (Fsp3) is 0.818. The second-order valence-electron chi connectivity index (χ2n) is 8.21. The van der Waals surface area contributed by atoms with Gasteiger partial charge < -0.3 is 9.47 Å². The number of rotatable bonds is 8. The molecule has 0 atom stereocenters. The van der Waals surface area contributed by atoms with Gasteiger partial charge in [-0.2, -0.15) is 0 Å². The summed E-state index contributed by atoms with van der Waals surface area (Å²) in [6, 6.07) is 0. The molecule has 0 N–H and O–H groups in total. The van der Waals surface area contributed by atoms with Gasteiger partial charge in [0.15, 0.2) is 6.29 Å². The summed E-state index contributed by atoms with van der Waals surface area (Å²) in [6.45, 7) is 6.22. The maximum absolute atomic E-state index is 6.03. The first-order chi connectivity index (χ1) is 12.8. The third-order valence-corrected chi connectivity index (χ3v) is 6.01. The second-order valence-corrected chi connectivity index (χ2v) is 8.21. The van der Waals surface area contributed by atoms with Crippen LogP contribution in [0.2, 0.25) is 0 Å². The minimum atomic E-state index is 0.0194. The molecule has 2 aliphatic rings. The molecule has 1 aliphatic carbocycles. The number of aromatic nitrogens is 2. The highest BCUT2D eigenvalue weighted by Gasteiger charge is 2.33. The maximum Gasteiger partial charge on any atom is 0.160 e. The number of unbranched alkanes of at least 4 members (excludes halogenated alkanes) is 2. The lowest BCUT2D eigenvalue weighted by Crippen LogP contribution is -2.38. The van der Waals surface area contributed by atoms with Crippen molar-refractivity contribution in [2.45, 2.75) is 90.3 Å². The first-order valence-electron chi connectivity index (χ1n) is 10.8. The molecule has 1 saturated heterocycles. The van der Waals surface area contributed by atoms with E-state index >= 15 is 0 Å². The quantitative estimate of drug-likeness (QED) is 0.592.